The molecule has 0 radical (unpaired) electrons. The predicted molar refractivity (Wildman–Crippen MR) is 141 cm³/mol. The summed E-state index contributed by atoms with van der Waals surface area (Å²) in [5.74, 6) is -0.438. The smallest absolute Gasteiger partial charge is 0.266 e. The van der Waals surface area contributed by atoms with Gasteiger partial charge in [-0.1, -0.05) is 82.7 Å². The summed E-state index contributed by atoms with van der Waals surface area (Å²) in [6.07, 6.45) is 3.67. The lowest BCUT2D eigenvalue weighted by Gasteiger charge is -2.09. The molecule has 4 nitrogen and oxygen atoms in total. The van der Waals surface area contributed by atoms with Crippen LogP contribution in [0.25, 0.3) is 27.8 Å². The summed E-state index contributed by atoms with van der Waals surface area (Å²) in [4.78, 5) is 12.8. The van der Waals surface area contributed by atoms with E-state index in [0.717, 1.165) is 20.9 Å². The van der Waals surface area contributed by atoms with Crippen molar-refractivity contribution in [3.05, 3.63) is 118 Å². The normalized spacial score (nSPS) is 11.5. The fourth-order valence-corrected chi connectivity index (χ4v) is 4.60. The number of para-hydroxylation sites is 1. The van der Waals surface area contributed by atoms with Crippen molar-refractivity contribution < 1.29 is 4.79 Å². The highest BCUT2D eigenvalue weighted by Gasteiger charge is 2.14. The topological polar surface area (TPSA) is 57.8 Å². The van der Waals surface area contributed by atoms with Crippen LogP contribution in [-0.4, -0.2) is 10.5 Å². The lowest BCUT2D eigenvalue weighted by molar-refractivity contribution is -0.112. The average molecular weight is 506 g/mol. The van der Waals surface area contributed by atoms with E-state index in [4.69, 9.17) is 0 Å². The number of carbonyl (C=O) groups excluding carboxylic acids is 1. The van der Waals surface area contributed by atoms with Crippen LogP contribution in [0.3, 0.4) is 0 Å². The van der Waals surface area contributed by atoms with Gasteiger partial charge >= 0.3 is 0 Å². The van der Waals surface area contributed by atoms with Gasteiger partial charge < -0.3 is 9.88 Å². The van der Waals surface area contributed by atoms with Crippen molar-refractivity contribution in [3.63, 3.8) is 0 Å². The van der Waals surface area contributed by atoms with Gasteiger partial charge in [-0.05, 0) is 46.7 Å². The van der Waals surface area contributed by atoms with Crippen molar-refractivity contribution in [3.8, 4) is 6.07 Å². The fraction of sp³-hybridized carbons (Fsp3) is 0.0345. The molecule has 0 saturated heterocycles. The Hall–Kier alpha value is -4.14. The Morgan fingerprint density at radius 2 is 1.68 bits per heavy atom. The van der Waals surface area contributed by atoms with Crippen molar-refractivity contribution in [2.75, 3.05) is 5.32 Å². The first-order chi connectivity index (χ1) is 16.6. The Labute approximate surface area is 205 Å². The standard InChI is InChI=1S/C29H20BrN3O/c30-24-10-6-11-25(16-24)32-29(34)22(17-31)15-23-19-33(28-14-4-3-13-27(23)28)18-21-9-5-8-20-7-1-2-12-26(20)21/h1-16,19H,18H2,(H,32,34)/b22-15-. The maximum absolute atomic E-state index is 12.8. The minimum Gasteiger partial charge on any atom is -0.342 e. The van der Waals surface area contributed by atoms with Crippen molar-refractivity contribution in [1.29, 1.82) is 5.26 Å². The average Bonchev–Trinajstić information content (AvgIpc) is 3.20. The van der Waals surface area contributed by atoms with Gasteiger partial charge in [-0.15, -0.1) is 0 Å². The zero-order chi connectivity index (χ0) is 23.5. The fourth-order valence-electron chi connectivity index (χ4n) is 4.20. The summed E-state index contributed by atoms with van der Waals surface area (Å²) in [6, 6.07) is 32.1. The predicted octanol–water partition coefficient (Wildman–Crippen LogP) is 7.15. The second kappa shape index (κ2) is 9.38. The molecule has 0 aliphatic heterocycles. The molecule has 1 N–H and O–H groups in total. The minimum absolute atomic E-state index is 0.0491. The van der Waals surface area contributed by atoms with Crippen LogP contribution in [0.5, 0.6) is 0 Å². The Morgan fingerprint density at radius 1 is 0.941 bits per heavy atom. The van der Waals surface area contributed by atoms with Gasteiger partial charge in [-0.2, -0.15) is 5.26 Å². The van der Waals surface area contributed by atoms with E-state index < -0.39 is 5.91 Å². The second-order valence-electron chi connectivity index (χ2n) is 8.00. The number of benzene rings is 4. The molecule has 0 aliphatic rings. The Bertz CT molecular complexity index is 1600. The number of nitrogens with one attached hydrogen (secondary N) is 1. The molecule has 4 aromatic carbocycles. The van der Waals surface area contributed by atoms with E-state index in [1.54, 1.807) is 18.2 Å². The van der Waals surface area contributed by atoms with Gasteiger partial charge in [0.2, 0.25) is 0 Å². The largest absolute Gasteiger partial charge is 0.342 e. The number of aromatic nitrogens is 1. The van der Waals surface area contributed by atoms with Crippen molar-refractivity contribution in [2.24, 2.45) is 0 Å². The molecular weight excluding hydrogens is 486 g/mol. The molecule has 34 heavy (non-hydrogen) atoms. The lowest BCUT2D eigenvalue weighted by Crippen LogP contribution is -2.13. The van der Waals surface area contributed by atoms with Gasteiger partial charge in [-0.3, -0.25) is 4.79 Å². The Morgan fingerprint density at radius 3 is 2.50 bits per heavy atom. The zero-order valence-electron chi connectivity index (χ0n) is 18.2. The maximum Gasteiger partial charge on any atom is 0.266 e. The first-order valence-corrected chi connectivity index (χ1v) is 11.6. The van der Waals surface area contributed by atoms with Crippen LogP contribution in [0.4, 0.5) is 5.69 Å². The van der Waals surface area contributed by atoms with E-state index in [-0.39, 0.29) is 5.57 Å². The Kier molecular flexibility index (Phi) is 5.99. The van der Waals surface area contributed by atoms with E-state index in [9.17, 15) is 10.1 Å². The molecule has 0 bridgehead atoms. The molecule has 1 amide bonds. The van der Waals surface area contributed by atoms with Crippen LogP contribution >= 0.6 is 15.9 Å². The van der Waals surface area contributed by atoms with E-state index in [1.807, 2.05) is 42.6 Å². The highest BCUT2D eigenvalue weighted by atomic mass is 79.9. The number of anilines is 1. The number of nitriles is 1. The lowest BCUT2D eigenvalue weighted by atomic mass is 10.0. The number of nitrogens with zero attached hydrogens (tertiary/aromatic N) is 2. The van der Waals surface area contributed by atoms with E-state index in [2.05, 4.69) is 74.3 Å². The van der Waals surface area contributed by atoms with Crippen LogP contribution in [0.1, 0.15) is 11.1 Å². The molecule has 0 spiro atoms. The van der Waals surface area contributed by atoms with E-state index in [1.165, 1.54) is 16.3 Å². The molecule has 5 rings (SSSR count). The number of hydrogen-bond donors (Lipinski definition) is 1. The number of amides is 1. The van der Waals surface area contributed by atoms with Gasteiger partial charge in [0.25, 0.3) is 5.91 Å². The summed E-state index contributed by atoms with van der Waals surface area (Å²) in [5, 5.41) is 15.9. The molecule has 5 aromatic rings. The monoisotopic (exact) mass is 505 g/mol. The van der Waals surface area contributed by atoms with Crippen LogP contribution in [0.15, 0.2) is 107 Å². The van der Waals surface area contributed by atoms with Crippen molar-refractivity contribution >= 4 is 55.3 Å². The van der Waals surface area contributed by atoms with Gasteiger partial charge in [0.1, 0.15) is 11.6 Å². The number of halogens is 1. The van der Waals surface area contributed by atoms with Crippen molar-refractivity contribution in [1.82, 2.24) is 4.57 Å². The number of rotatable bonds is 5. The molecule has 5 heteroatoms. The molecule has 0 unspecified atom stereocenters. The number of fused-ring (bicyclic) bond motifs is 2. The molecule has 1 aromatic heterocycles. The van der Waals surface area contributed by atoms with Gasteiger partial charge in [-0.25, -0.2) is 0 Å². The first kappa shape index (κ1) is 21.7. The highest BCUT2D eigenvalue weighted by molar-refractivity contribution is 9.10. The van der Waals surface area contributed by atoms with Crippen LogP contribution in [0.2, 0.25) is 0 Å². The Balaban J connectivity index is 1.52. The summed E-state index contributed by atoms with van der Waals surface area (Å²) >= 11 is 3.40. The van der Waals surface area contributed by atoms with Gasteiger partial charge in [0.05, 0.1) is 0 Å². The third-order valence-corrected chi connectivity index (χ3v) is 6.28. The van der Waals surface area contributed by atoms with Gasteiger partial charge in [0, 0.05) is 39.4 Å². The number of hydrogen-bond acceptors (Lipinski definition) is 2. The molecular formula is C29H20BrN3O. The SMILES string of the molecule is N#C/C(=C/c1cn(Cc2cccc3ccccc23)c2ccccc12)C(=O)Nc1cccc(Br)c1. The van der Waals surface area contributed by atoms with Crippen LogP contribution < -0.4 is 5.32 Å². The molecule has 0 saturated carbocycles. The van der Waals surface area contributed by atoms with Gasteiger partial charge in [0.15, 0.2) is 0 Å². The molecule has 1 heterocycles. The first-order valence-electron chi connectivity index (χ1n) is 10.9. The van der Waals surface area contributed by atoms with Crippen LogP contribution in [-0.2, 0) is 11.3 Å². The second-order valence-corrected chi connectivity index (χ2v) is 8.92. The summed E-state index contributed by atoms with van der Waals surface area (Å²) in [7, 11) is 0. The summed E-state index contributed by atoms with van der Waals surface area (Å²) in [5.41, 5.74) is 3.76. The van der Waals surface area contributed by atoms with E-state index in [0.29, 0.717) is 12.2 Å². The third-order valence-electron chi connectivity index (χ3n) is 5.79. The molecule has 0 atom stereocenters. The zero-order valence-corrected chi connectivity index (χ0v) is 19.8. The van der Waals surface area contributed by atoms with Crippen molar-refractivity contribution in [2.45, 2.75) is 6.54 Å². The molecule has 164 valence electrons. The van der Waals surface area contributed by atoms with E-state index >= 15 is 0 Å². The molecule has 0 fully saturated rings. The number of carbonyl (C=O) groups is 1. The minimum atomic E-state index is -0.438. The quantitative estimate of drug-likeness (QED) is 0.203. The summed E-state index contributed by atoms with van der Waals surface area (Å²) < 4.78 is 3.02. The third kappa shape index (κ3) is 4.36. The maximum atomic E-state index is 12.8. The highest BCUT2D eigenvalue weighted by Crippen LogP contribution is 2.27. The summed E-state index contributed by atoms with van der Waals surface area (Å²) in [6.45, 7) is 0.682. The molecule has 0 aliphatic carbocycles. The van der Waals surface area contributed by atoms with Crippen LogP contribution in [0, 0.1) is 11.3 Å².